The van der Waals surface area contributed by atoms with E-state index in [0.29, 0.717) is 0 Å². The third kappa shape index (κ3) is 5.01. The number of halogens is 3. The standard InChI is InChI=1S/C7H11F3O4S/c1-6(2,3)14-5(11)4-15(12,13)7(8,9)10/h4H2,1-3H3. The van der Waals surface area contributed by atoms with Crippen LogP contribution in [0, 0.1) is 0 Å². The van der Waals surface area contributed by atoms with Crippen LogP contribution >= 0.6 is 0 Å². The first kappa shape index (κ1) is 14.2. The molecule has 0 fully saturated rings. The number of alkyl halides is 3. The number of carbonyl (C=O) groups is 1. The maximum absolute atomic E-state index is 11.8. The minimum absolute atomic E-state index is 1.02. The van der Waals surface area contributed by atoms with Crippen LogP contribution in [0.1, 0.15) is 20.8 Å². The van der Waals surface area contributed by atoms with Gasteiger partial charge in [-0.1, -0.05) is 0 Å². The number of sulfone groups is 1. The molecule has 0 N–H and O–H groups in total. The lowest BCUT2D eigenvalue weighted by Gasteiger charge is -2.19. The Morgan fingerprint density at radius 1 is 1.20 bits per heavy atom. The van der Waals surface area contributed by atoms with Crippen LogP contribution in [0.3, 0.4) is 0 Å². The predicted molar refractivity (Wildman–Crippen MR) is 45.7 cm³/mol. The highest BCUT2D eigenvalue weighted by Crippen LogP contribution is 2.24. The van der Waals surface area contributed by atoms with Crippen molar-refractivity contribution in [2.45, 2.75) is 31.9 Å². The van der Waals surface area contributed by atoms with Gasteiger partial charge in [0.1, 0.15) is 5.60 Å². The summed E-state index contributed by atoms with van der Waals surface area (Å²) in [5.41, 5.74) is -6.44. The van der Waals surface area contributed by atoms with Crippen molar-refractivity contribution in [1.29, 1.82) is 0 Å². The topological polar surface area (TPSA) is 60.4 Å². The van der Waals surface area contributed by atoms with Gasteiger partial charge in [-0.2, -0.15) is 13.2 Å². The van der Waals surface area contributed by atoms with E-state index in [1.54, 1.807) is 0 Å². The number of carbonyl (C=O) groups excluding carboxylic acids is 1. The summed E-state index contributed by atoms with van der Waals surface area (Å²) < 4.78 is 61.0. The Hall–Kier alpha value is -0.790. The zero-order chi connectivity index (χ0) is 12.5. The SMILES string of the molecule is CC(C)(C)OC(=O)CS(=O)(=O)C(F)(F)F. The van der Waals surface area contributed by atoms with Crippen molar-refractivity contribution in [3.8, 4) is 0 Å². The number of hydrogen-bond donors (Lipinski definition) is 0. The Morgan fingerprint density at radius 2 is 1.60 bits per heavy atom. The van der Waals surface area contributed by atoms with Gasteiger partial charge in [0.15, 0.2) is 5.75 Å². The van der Waals surface area contributed by atoms with Gasteiger partial charge in [0.2, 0.25) is 0 Å². The largest absolute Gasteiger partial charge is 0.497 e. The van der Waals surface area contributed by atoms with E-state index in [4.69, 9.17) is 0 Å². The summed E-state index contributed by atoms with van der Waals surface area (Å²) in [5, 5.41) is 0. The third-order valence-corrected chi connectivity index (χ3v) is 2.40. The summed E-state index contributed by atoms with van der Waals surface area (Å²) in [6.45, 7) is 4.27. The molecule has 0 radical (unpaired) electrons. The van der Waals surface area contributed by atoms with E-state index >= 15 is 0 Å². The highest BCUT2D eigenvalue weighted by molar-refractivity contribution is 7.92. The van der Waals surface area contributed by atoms with Crippen LogP contribution in [0.2, 0.25) is 0 Å². The monoisotopic (exact) mass is 248 g/mol. The second-order valence-electron chi connectivity index (χ2n) is 3.79. The van der Waals surface area contributed by atoms with E-state index in [-0.39, 0.29) is 0 Å². The van der Waals surface area contributed by atoms with Crippen molar-refractivity contribution in [2.75, 3.05) is 5.75 Å². The van der Waals surface area contributed by atoms with Crippen LogP contribution in [0.25, 0.3) is 0 Å². The van der Waals surface area contributed by atoms with E-state index < -0.39 is 32.7 Å². The molecule has 0 aromatic carbocycles. The molecule has 0 aliphatic rings. The first-order valence-electron chi connectivity index (χ1n) is 3.86. The average Bonchev–Trinajstić information content (AvgIpc) is 1.75. The van der Waals surface area contributed by atoms with Crippen LogP contribution in [0.15, 0.2) is 0 Å². The van der Waals surface area contributed by atoms with Gasteiger partial charge in [-0.05, 0) is 20.8 Å². The van der Waals surface area contributed by atoms with E-state index in [0.717, 1.165) is 0 Å². The van der Waals surface area contributed by atoms with Crippen LogP contribution in [-0.2, 0) is 19.4 Å². The fourth-order valence-electron chi connectivity index (χ4n) is 0.608. The lowest BCUT2D eigenvalue weighted by Crippen LogP contribution is -2.34. The minimum Gasteiger partial charge on any atom is -0.459 e. The highest BCUT2D eigenvalue weighted by Gasteiger charge is 2.47. The molecule has 0 aromatic rings. The van der Waals surface area contributed by atoms with Gasteiger partial charge in [-0.15, -0.1) is 0 Å². The van der Waals surface area contributed by atoms with Crippen molar-refractivity contribution in [2.24, 2.45) is 0 Å². The first-order valence-corrected chi connectivity index (χ1v) is 5.51. The molecular formula is C7H11F3O4S. The maximum atomic E-state index is 11.8. The molecule has 15 heavy (non-hydrogen) atoms. The lowest BCUT2D eigenvalue weighted by molar-refractivity contribution is -0.151. The molecule has 0 aromatic heterocycles. The Balaban J connectivity index is 4.58. The molecule has 4 nitrogen and oxygen atoms in total. The Labute approximate surface area is 85.3 Å². The molecule has 0 spiro atoms. The van der Waals surface area contributed by atoms with Crippen molar-refractivity contribution in [3.63, 3.8) is 0 Å². The summed E-state index contributed by atoms with van der Waals surface area (Å²) in [7, 11) is -5.44. The fourth-order valence-corrected chi connectivity index (χ4v) is 1.14. The molecule has 0 aliphatic heterocycles. The van der Waals surface area contributed by atoms with Crippen LogP contribution < -0.4 is 0 Å². The zero-order valence-electron chi connectivity index (χ0n) is 8.38. The van der Waals surface area contributed by atoms with Gasteiger partial charge in [0.05, 0.1) is 0 Å². The smallest absolute Gasteiger partial charge is 0.459 e. The van der Waals surface area contributed by atoms with E-state index in [1.165, 1.54) is 20.8 Å². The van der Waals surface area contributed by atoms with Gasteiger partial charge >= 0.3 is 11.5 Å². The summed E-state index contributed by atoms with van der Waals surface area (Å²) in [5.74, 6) is -3.10. The Bertz CT molecular complexity index is 336. The van der Waals surface area contributed by atoms with E-state index in [1.807, 2.05) is 0 Å². The van der Waals surface area contributed by atoms with Crippen molar-refractivity contribution >= 4 is 15.8 Å². The molecule has 8 heteroatoms. The van der Waals surface area contributed by atoms with Crippen LogP contribution in [0.4, 0.5) is 13.2 Å². The molecule has 0 aliphatic carbocycles. The molecule has 0 rings (SSSR count). The highest BCUT2D eigenvalue weighted by atomic mass is 32.2. The molecule has 0 heterocycles. The lowest BCUT2D eigenvalue weighted by atomic mass is 10.2. The second-order valence-corrected chi connectivity index (χ2v) is 5.77. The molecule has 0 saturated heterocycles. The summed E-state index contributed by atoms with van der Waals surface area (Å²) in [4.78, 5) is 10.8. The normalized spacial score (nSPS) is 13.7. The third-order valence-electron chi connectivity index (χ3n) is 1.08. The Morgan fingerprint density at radius 3 is 1.87 bits per heavy atom. The van der Waals surface area contributed by atoms with Gasteiger partial charge in [-0.25, -0.2) is 8.42 Å². The summed E-state index contributed by atoms with van der Waals surface area (Å²) in [6, 6.07) is 0. The average molecular weight is 248 g/mol. The molecule has 0 atom stereocenters. The van der Waals surface area contributed by atoms with E-state index in [2.05, 4.69) is 4.74 Å². The number of hydrogen-bond acceptors (Lipinski definition) is 4. The number of esters is 1. The maximum Gasteiger partial charge on any atom is 0.497 e. The first-order chi connectivity index (χ1) is 6.35. The molecule has 0 bridgehead atoms. The summed E-state index contributed by atoms with van der Waals surface area (Å²) >= 11 is 0. The molecule has 0 unspecified atom stereocenters. The van der Waals surface area contributed by atoms with Crippen LogP contribution in [0.5, 0.6) is 0 Å². The fraction of sp³-hybridized carbons (Fsp3) is 0.857. The molecule has 0 amide bonds. The second kappa shape index (κ2) is 3.99. The summed E-state index contributed by atoms with van der Waals surface area (Å²) in [6.07, 6.45) is 0. The number of rotatable bonds is 2. The van der Waals surface area contributed by atoms with Crippen molar-refractivity contribution in [1.82, 2.24) is 0 Å². The molecule has 90 valence electrons. The van der Waals surface area contributed by atoms with E-state index in [9.17, 15) is 26.4 Å². The molecule has 0 saturated carbocycles. The van der Waals surface area contributed by atoms with Gasteiger partial charge in [0.25, 0.3) is 9.84 Å². The zero-order valence-corrected chi connectivity index (χ0v) is 9.20. The van der Waals surface area contributed by atoms with Gasteiger partial charge in [-0.3, -0.25) is 4.79 Å². The van der Waals surface area contributed by atoms with Gasteiger partial charge in [0, 0.05) is 0 Å². The number of ether oxygens (including phenoxy) is 1. The van der Waals surface area contributed by atoms with Crippen molar-refractivity contribution in [3.05, 3.63) is 0 Å². The predicted octanol–water partition coefficient (Wildman–Crippen LogP) is 1.26. The quantitative estimate of drug-likeness (QED) is 0.690. The molecular weight excluding hydrogens is 237 g/mol. The van der Waals surface area contributed by atoms with Crippen molar-refractivity contribution < 1.29 is 31.1 Å². The Kier molecular flexibility index (Phi) is 3.78. The minimum atomic E-state index is -5.44. The van der Waals surface area contributed by atoms with Crippen LogP contribution in [-0.4, -0.2) is 31.2 Å². The van der Waals surface area contributed by atoms with Gasteiger partial charge < -0.3 is 4.74 Å².